The molecule has 0 fully saturated rings. The van der Waals surface area contributed by atoms with Crippen LogP contribution >= 0.6 is 0 Å². The van der Waals surface area contributed by atoms with Crippen LogP contribution in [0.3, 0.4) is 0 Å². The van der Waals surface area contributed by atoms with Crippen LogP contribution in [0.15, 0.2) is 30.3 Å². The second kappa shape index (κ2) is 8.07. The molecule has 0 bridgehead atoms. The maximum absolute atomic E-state index is 12.9. The fourth-order valence-electron chi connectivity index (χ4n) is 3.40. The van der Waals surface area contributed by atoms with Crippen molar-refractivity contribution < 1.29 is 19.2 Å². The van der Waals surface area contributed by atoms with Crippen molar-refractivity contribution in [1.82, 2.24) is 0 Å². The van der Waals surface area contributed by atoms with Gasteiger partial charge in [0.05, 0.1) is 24.7 Å². The Hall–Kier alpha value is -3.09. The first-order chi connectivity index (χ1) is 13.0. The van der Waals surface area contributed by atoms with Crippen LogP contribution in [-0.2, 0) is 12.8 Å². The molecule has 142 valence electrons. The van der Waals surface area contributed by atoms with Crippen LogP contribution in [-0.4, -0.2) is 24.5 Å². The summed E-state index contributed by atoms with van der Waals surface area (Å²) >= 11 is 0. The lowest BCUT2D eigenvalue weighted by molar-refractivity contribution is -0.385. The van der Waals surface area contributed by atoms with E-state index in [2.05, 4.69) is 11.4 Å². The number of nitrogens with one attached hydrogen (secondary N) is 1. The van der Waals surface area contributed by atoms with E-state index in [1.165, 1.54) is 24.8 Å². The van der Waals surface area contributed by atoms with E-state index in [1.54, 1.807) is 6.92 Å². The van der Waals surface area contributed by atoms with Crippen molar-refractivity contribution in [3.63, 3.8) is 0 Å². The molecule has 0 unspecified atom stereocenters. The van der Waals surface area contributed by atoms with Crippen LogP contribution in [0.1, 0.15) is 41.3 Å². The summed E-state index contributed by atoms with van der Waals surface area (Å²) in [6.07, 6.45) is 4.07. The van der Waals surface area contributed by atoms with Crippen molar-refractivity contribution in [2.24, 2.45) is 0 Å². The third kappa shape index (κ3) is 3.86. The molecule has 0 saturated carbocycles. The molecule has 7 heteroatoms. The lowest BCUT2D eigenvalue weighted by atomic mass is 9.90. The Balaban J connectivity index is 1.98. The predicted octanol–water partition coefficient (Wildman–Crippen LogP) is 4.13. The molecule has 0 saturated heterocycles. The number of nitrogens with zero attached hydrogens (tertiary/aromatic N) is 1. The molecule has 1 aliphatic carbocycles. The summed E-state index contributed by atoms with van der Waals surface area (Å²) in [5.41, 5.74) is 2.66. The van der Waals surface area contributed by atoms with Gasteiger partial charge in [-0.2, -0.15) is 0 Å². The number of carbonyl (C=O) groups excluding carboxylic acids is 1. The second-order valence-corrected chi connectivity index (χ2v) is 6.31. The molecule has 27 heavy (non-hydrogen) atoms. The zero-order valence-electron chi connectivity index (χ0n) is 15.4. The molecule has 1 aliphatic rings. The van der Waals surface area contributed by atoms with Gasteiger partial charge in [-0.25, -0.2) is 0 Å². The summed E-state index contributed by atoms with van der Waals surface area (Å²) in [5, 5.41) is 14.3. The highest BCUT2D eigenvalue weighted by atomic mass is 16.6. The minimum absolute atomic E-state index is 0.0614. The molecule has 2 aromatic rings. The van der Waals surface area contributed by atoms with Gasteiger partial charge in [-0.3, -0.25) is 14.9 Å². The van der Waals surface area contributed by atoms with Gasteiger partial charge < -0.3 is 14.8 Å². The minimum atomic E-state index is -0.586. The maximum Gasteiger partial charge on any atom is 0.286 e. The van der Waals surface area contributed by atoms with Gasteiger partial charge in [0.1, 0.15) is 5.56 Å². The lowest BCUT2D eigenvalue weighted by Crippen LogP contribution is -2.17. The number of benzene rings is 2. The standard InChI is InChI=1S/C20H22N2O5/c1-3-27-19-12-17(22(24)25)15(11-18(19)26-2)20(23)21-16-10-6-8-13-7-4-5-9-14(13)16/h6,8,10-12H,3-5,7,9H2,1-2H3,(H,21,23). The Bertz CT molecular complexity index is 879. The highest BCUT2D eigenvalue weighted by molar-refractivity contribution is 6.08. The van der Waals surface area contributed by atoms with Gasteiger partial charge in [0, 0.05) is 11.8 Å². The molecule has 0 atom stereocenters. The Morgan fingerprint density at radius 2 is 2.00 bits per heavy atom. The quantitative estimate of drug-likeness (QED) is 0.610. The van der Waals surface area contributed by atoms with E-state index in [4.69, 9.17) is 9.47 Å². The second-order valence-electron chi connectivity index (χ2n) is 6.31. The number of hydrogen-bond donors (Lipinski definition) is 1. The molecule has 7 nitrogen and oxygen atoms in total. The topological polar surface area (TPSA) is 90.7 Å². The summed E-state index contributed by atoms with van der Waals surface area (Å²) in [6.45, 7) is 2.10. The van der Waals surface area contributed by atoms with Crippen LogP contribution in [0.2, 0.25) is 0 Å². The number of aryl methyl sites for hydroxylation is 1. The van der Waals surface area contributed by atoms with E-state index in [0.717, 1.165) is 31.2 Å². The summed E-state index contributed by atoms with van der Waals surface area (Å²) in [5.74, 6) is -0.0231. The third-order valence-electron chi connectivity index (χ3n) is 4.67. The molecule has 0 aromatic heterocycles. The first kappa shape index (κ1) is 18.7. The van der Waals surface area contributed by atoms with Crippen molar-refractivity contribution in [3.05, 3.63) is 57.1 Å². The van der Waals surface area contributed by atoms with Crippen molar-refractivity contribution in [3.8, 4) is 11.5 Å². The smallest absolute Gasteiger partial charge is 0.286 e. The molecular weight excluding hydrogens is 348 g/mol. The van der Waals surface area contributed by atoms with Gasteiger partial charge in [0.25, 0.3) is 11.6 Å². The summed E-state index contributed by atoms with van der Waals surface area (Å²) in [7, 11) is 1.43. The largest absolute Gasteiger partial charge is 0.493 e. The van der Waals surface area contributed by atoms with Crippen molar-refractivity contribution in [2.75, 3.05) is 19.0 Å². The van der Waals surface area contributed by atoms with Gasteiger partial charge in [-0.05, 0) is 49.8 Å². The first-order valence-electron chi connectivity index (χ1n) is 8.96. The molecule has 1 N–H and O–H groups in total. The number of nitro groups is 1. The van der Waals surface area contributed by atoms with Gasteiger partial charge in [0.15, 0.2) is 11.5 Å². The van der Waals surface area contributed by atoms with Crippen LogP contribution < -0.4 is 14.8 Å². The van der Waals surface area contributed by atoms with Crippen LogP contribution in [0.25, 0.3) is 0 Å². The van der Waals surface area contributed by atoms with E-state index in [-0.39, 0.29) is 22.7 Å². The molecule has 1 amide bonds. The highest BCUT2D eigenvalue weighted by Crippen LogP contribution is 2.36. The van der Waals surface area contributed by atoms with Gasteiger partial charge in [-0.1, -0.05) is 12.1 Å². The van der Waals surface area contributed by atoms with E-state index >= 15 is 0 Å². The average molecular weight is 370 g/mol. The Morgan fingerprint density at radius 1 is 1.22 bits per heavy atom. The van der Waals surface area contributed by atoms with E-state index < -0.39 is 10.8 Å². The van der Waals surface area contributed by atoms with E-state index in [0.29, 0.717) is 12.3 Å². The molecular formula is C20H22N2O5. The van der Waals surface area contributed by atoms with Gasteiger partial charge >= 0.3 is 0 Å². The zero-order valence-corrected chi connectivity index (χ0v) is 15.4. The molecule has 0 aliphatic heterocycles. The van der Waals surface area contributed by atoms with Crippen molar-refractivity contribution >= 4 is 17.3 Å². The number of carbonyl (C=O) groups is 1. The van der Waals surface area contributed by atoms with E-state index in [1.807, 2.05) is 12.1 Å². The summed E-state index contributed by atoms with van der Waals surface area (Å²) in [6, 6.07) is 8.38. The number of methoxy groups -OCH3 is 1. The Labute approximate surface area is 157 Å². The Kier molecular flexibility index (Phi) is 5.59. The van der Waals surface area contributed by atoms with Crippen molar-refractivity contribution in [2.45, 2.75) is 32.6 Å². The molecule has 0 spiro atoms. The molecule has 0 heterocycles. The van der Waals surface area contributed by atoms with E-state index in [9.17, 15) is 14.9 Å². The lowest BCUT2D eigenvalue weighted by Gasteiger charge is -2.19. The summed E-state index contributed by atoms with van der Waals surface area (Å²) in [4.78, 5) is 23.8. The molecule has 0 radical (unpaired) electrons. The molecule has 3 rings (SSSR count). The normalized spacial score (nSPS) is 12.8. The number of rotatable bonds is 6. The first-order valence-corrected chi connectivity index (χ1v) is 8.96. The number of anilines is 1. The zero-order chi connectivity index (χ0) is 19.4. The number of ether oxygens (including phenoxy) is 2. The Morgan fingerprint density at radius 3 is 2.70 bits per heavy atom. The van der Waals surface area contributed by atoms with Gasteiger partial charge in [-0.15, -0.1) is 0 Å². The molecule has 2 aromatic carbocycles. The minimum Gasteiger partial charge on any atom is -0.493 e. The SMILES string of the molecule is CCOc1cc([N+](=O)[O-])c(C(=O)Nc2cccc3c2CCCC3)cc1OC. The van der Waals surface area contributed by atoms with Crippen molar-refractivity contribution in [1.29, 1.82) is 0 Å². The number of hydrogen-bond acceptors (Lipinski definition) is 5. The summed E-state index contributed by atoms with van der Waals surface area (Å²) < 4.78 is 10.6. The van der Waals surface area contributed by atoms with Crippen LogP contribution in [0, 0.1) is 10.1 Å². The van der Waals surface area contributed by atoms with Crippen LogP contribution in [0.4, 0.5) is 11.4 Å². The number of amides is 1. The predicted molar refractivity (Wildman–Crippen MR) is 102 cm³/mol. The fraction of sp³-hybridized carbons (Fsp3) is 0.350. The maximum atomic E-state index is 12.9. The van der Waals surface area contributed by atoms with Gasteiger partial charge in [0.2, 0.25) is 0 Å². The highest BCUT2D eigenvalue weighted by Gasteiger charge is 2.25. The number of fused-ring (bicyclic) bond motifs is 1. The monoisotopic (exact) mass is 370 g/mol. The fourth-order valence-corrected chi connectivity index (χ4v) is 3.40. The average Bonchev–Trinajstić information content (AvgIpc) is 2.68. The third-order valence-corrected chi connectivity index (χ3v) is 4.67. The number of nitro benzene ring substituents is 1. The van der Waals surface area contributed by atoms with Crippen LogP contribution in [0.5, 0.6) is 11.5 Å².